The molecule has 116 heavy (non-hydrogen) atoms. The maximum atomic E-state index is 10.7. The van der Waals surface area contributed by atoms with Gasteiger partial charge in [0.05, 0.1) is 0 Å². The van der Waals surface area contributed by atoms with Gasteiger partial charge in [0.2, 0.25) is 5.91 Å². The van der Waals surface area contributed by atoms with E-state index in [0.717, 1.165) is 118 Å². The molecular formula is C94H128I2N10O10. The van der Waals surface area contributed by atoms with Crippen LogP contribution in [-0.4, -0.2) is 111 Å². The number of terminal acetylenes is 1. The molecule has 0 saturated carbocycles. The number of hydrogen-bond donors (Lipinski definition) is 16. The Balaban J connectivity index is -0.000000189. The molecule has 2 amide bonds. The fourth-order valence-corrected chi connectivity index (χ4v) is 8.50. The molecule has 8 aromatic rings. The predicted octanol–water partition coefficient (Wildman–Crippen LogP) is 20.2. The summed E-state index contributed by atoms with van der Waals surface area (Å²) in [5.41, 5.74) is 23.1. The summed E-state index contributed by atoms with van der Waals surface area (Å²) in [7, 11) is 13.2. The van der Waals surface area contributed by atoms with Crippen molar-refractivity contribution >= 4 is 114 Å². The summed E-state index contributed by atoms with van der Waals surface area (Å²) >= 11 is 4.53. The van der Waals surface area contributed by atoms with Gasteiger partial charge in [-0.15, -0.1) is 6.58 Å². The first-order chi connectivity index (χ1) is 53.1. The molecule has 0 saturated heterocycles. The number of aliphatic hydroxyl groups is 2. The van der Waals surface area contributed by atoms with E-state index in [4.69, 9.17) is 36.6 Å². The van der Waals surface area contributed by atoms with E-state index in [1.54, 1.807) is 11.6 Å². The Hall–Kier alpha value is -12.1. The number of rotatable bonds is 19. The predicted molar refractivity (Wildman–Crippen MR) is 513 cm³/mol. The molecule has 0 fully saturated rings. The second kappa shape index (κ2) is 82.4. The standard InChI is InChI=1S/C12H18N2O2.C12H12N2O2.C12H17NO2.C12H11NO2.C12H13N.C10H11NO.C7H8IN.C6H6IN.C3H6.C2H2O.6CH4/c2*1-13-11-8-6-10(7-9-11)4-2-3-5-12(15)14-16;2*1-13-11-8-6-10(7-9-11)4-2-3-5-12(14)15;1-3-4-5-6-11-7-9-12(13-2)10-8-11;1-11-10-6-4-9(5-7-10)3-2-8-12;1-9-7-4-2-6(8)3-5-7;7-5-1-3-6(8)4-2-5;1-3-2;1-2-3;;;;;;/h6-9,13,16H,2-5H2,1H3,(H,14,15);3,5-9,13,16H,1H3,(H,14,15);6-9,13H,2-5H2,1H3,(H,14,15);3,5-9,13H,1H3,(H,14,15);3-4,7-10,13H,1-2H3;4-7,11-12H,8H2,1H3;2-5,9H,1H3;1-4H,8H2;3H,1H2,2H3;1,3H;6*1H4/b;5-3+;;5-3+;4-3+;;;;;;;;;;;. The lowest BCUT2D eigenvalue weighted by Crippen LogP contribution is -2.17. The third kappa shape index (κ3) is 68.7. The average molecular weight is 1810 g/mol. The minimum absolute atomic E-state index is 0. The van der Waals surface area contributed by atoms with Crippen LogP contribution in [-0.2, 0) is 32.0 Å². The Morgan fingerprint density at radius 1 is 0.431 bits per heavy atom. The van der Waals surface area contributed by atoms with Crippen LogP contribution in [0.3, 0.4) is 0 Å². The monoisotopic (exact) mass is 1810 g/mol. The lowest BCUT2D eigenvalue weighted by atomic mass is 10.1. The molecule has 0 unspecified atom stereocenters. The first kappa shape index (κ1) is 120. The highest BCUT2D eigenvalue weighted by molar-refractivity contribution is 14.1. The van der Waals surface area contributed by atoms with E-state index in [-0.39, 0.29) is 63.5 Å². The lowest BCUT2D eigenvalue weighted by Gasteiger charge is -2.03. The molecule has 22 heteroatoms. The van der Waals surface area contributed by atoms with Gasteiger partial charge in [0.1, 0.15) is 12.7 Å². The number of aliphatic hydroxyl groups excluding tert-OH is 2. The van der Waals surface area contributed by atoms with Crippen LogP contribution in [0, 0.1) is 67.0 Å². The normalized spacial score (nSPS) is 8.59. The number of allylic oxidation sites excluding steroid dienone is 5. The fourth-order valence-electron chi connectivity index (χ4n) is 7.78. The Bertz CT molecular complexity index is 4200. The number of carboxylic acids is 2. The number of amides is 2. The molecule has 17 N–H and O–H groups in total. The second-order valence-electron chi connectivity index (χ2n) is 21.6. The van der Waals surface area contributed by atoms with Crippen LogP contribution in [0.2, 0.25) is 0 Å². The van der Waals surface area contributed by atoms with Gasteiger partial charge in [-0.05, 0) is 297 Å². The summed E-state index contributed by atoms with van der Waals surface area (Å²) in [6.07, 6.45) is 21.8. The average Bonchev–Trinajstić information content (AvgIpc) is 0.936. The number of nitrogen functional groups attached to an aromatic ring is 1. The largest absolute Gasteiger partial charge is 0.481 e. The number of aryl methyl sites for hydroxylation is 2. The topological polar surface area (TPSA) is 324 Å². The van der Waals surface area contributed by atoms with Gasteiger partial charge >= 0.3 is 11.9 Å². The zero-order valence-corrected chi connectivity index (χ0v) is 68.1. The van der Waals surface area contributed by atoms with E-state index >= 15 is 0 Å². The van der Waals surface area contributed by atoms with Crippen molar-refractivity contribution in [3.05, 3.63) is 284 Å². The minimum atomic E-state index is -0.991. The Kier molecular flexibility index (Phi) is 85.0. The van der Waals surface area contributed by atoms with Crippen molar-refractivity contribution in [2.75, 3.05) is 98.9 Å². The first-order valence-corrected chi connectivity index (χ1v) is 36.5. The highest BCUT2D eigenvalue weighted by atomic mass is 127. The van der Waals surface area contributed by atoms with Crippen molar-refractivity contribution in [2.45, 2.75) is 110 Å². The van der Waals surface area contributed by atoms with Crippen molar-refractivity contribution in [1.29, 1.82) is 0 Å². The molecule has 0 heterocycles. The molecule has 0 atom stereocenters. The van der Waals surface area contributed by atoms with Gasteiger partial charge in [-0.2, -0.15) is 0 Å². The summed E-state index contributed by atoms with van der Waals surface area (Å²) in [6.45, 7) is 7.12. The van der Waals surface area contributed by atoms with Crippen molar-refractivity contribution < 1.29 is 50.0 Å². The van der Waals surface area contributed by atoms with Crippen LogP contribution in [0.1, 0.15) is 130 Å². The van der Waals surface area contributed by atoms with Gasteiger partial charge < -0.3 is 63.4 Å². The van der Waals surface area contributed by atoms with Crippen LogP contribution in [0.5, 0.6) is 0 Å². The smallest absolute Gasteiger partial charge is 0.328 e. The lowest BCUT2D eigenvalue weighted by molar-refractivity contribution is -0.137. The molecule has 20 nitrogen and oxygen atoms in total. The number of nitrogens with one attached hydrogen (secondary N) is 9. The van der Waals surface area contributed by atoms with Gasteiger partial charge in [-0.3, -0.25) is 24.8 Å². The van der Waals surface area contributed by atoms with Crippen molar-refractivity contribution in [3.63, 3.8) is 0 Å². The number of anilines is 8. The van der Waals surface area contributed by atoms with Crippen LogP contribution >= 0.6 is 45.2 Å². The molecule has 0 aliphatic heterocycles. The molecule has 8 rings (SSSR count). The summed E-state index contributed by atoms with van der Waals surface area (Å²) in [6, 6.07) is 63.3. The van der Waals surface area contributed by atoms with Gasteiger partial charge in [-0.1, -0.05) is 135 Å². The molecule has 0 aromatic heterocycles. The van der Waals surface area contributed by atoms with Crippen molar-refractivity contribution in [2.24, 2.45) is 0 Å². The van der Waals surface area contributed by atoms with E-state index < -0.39 is 17.8 Å². The number of carbonyl (C=O) groups excluding carboxylic acids is 2. The SMILES string of the molecule is C.C.C.C.C.C.C#CO.C/C=C/C#Cc1ccc(NC)cc1.C=CC.CNc1ccc(C#C/C=C/C(=O)NO)cc1.CNc1ccc(C#C/C=C/C(=O)O)cc1.CNc1ccc(C#CCO)cc1.CNc1ccc(CCCCC(=O)NO)cc1.CNc1ccc(CCCCC(=O)O)cc1.CNc1ccc(I)cc1.Nc1ccc(I)cc1. The third-order valence-electron chi connectivity index (χ3n) is 13.5. The van der Waals surface area contributed by atoms with Crippen LogP contribution in [0.4, 0.5) is 45.5 Å². The van der Waals surface area contributed by atoms with E-state index in [1.807, 2.05) is 221 Å². The Labute approximate surface area is 722 Å². The Morgan fingerprint density at radius 2 is 0.707 bits per heavy atom. The zero-order valence-electron chi connectivity index (χ0n) is 63.8. The summed E-state index contributed by atoms with van der Waals surface area (Å²) in [5.74, 6) is 19.8. The zero-order chi connectivity index (χ0) is 82.2. The van der Waals surface area contributed by atoms with E-state index in [0.29, 0.717) is 6.42 Å². The number of benzene rings is 8. The number of carboxylic acid groups (broad SMARTS) is 2. The Morgan fingerprint density at radius 3 is 0.974 bits per heavy atom. The van der Waals surface area contributed by atoms with Crippen molar-refractivity contribution in [3.8, 4) is 59.9 Å². The number of nitrogens with two attached hydrogens (primary N) is 1. The van der Waals surface area contributed by atoms with Gasteiger partial charge in [0, 0.05) is 149 Å². The van der Waals surface area contributed by atoms with Gasteiger partial charge in [-0.25, -0.2) is 15.8 Å². The molecule has 8 aromatic carbocycles. The highest BCUT2D eigenvalue weighted by Gasteiger charge is 2.01. The third-order valence-corrected chi connectivity index (χ3v) is 14.9. The highest BCUT2D eigenvalue weighted by Crippen LogP contribution is 2.16. The first-order valence-electron chi connectivity index (χ1n) is 34.3. The molecule has 0 spiro atoms. The molecule has 0 aliphatic rings. The minimum Gasteiger partial charge on any atom is -0.481 e. The molecular weight excluding hydrogens is 1680 g/mol. The van der Waals surface area contributed by atoms with Crippen LogP contribution in [0.15, 0.2) is 243 Å². The number of unbranched alkanes of at least 4 members (excludes halogenated alkanes) is 2. The fraction of sp³-hybridized carbons (Fsp3) is 0.255. The maximum absolute atomic E-state index is 10.7. The maximum Gasteiger partial charge on any atom is 0.328 e. The summed E-state index contributed by atoms with van der Waals surface area (Å²) in [4.78, 5) is 41.7. The van der Waals surface area contributed by atoms with Gasteiger partial charge in [0.25, 0.3) is 5.91 Å². The molecule has 628 valence electrons. The van der Waals surface area contributed by atoms with E-state index in [2.05, 4.69) is 191 Å². The second-order valence-corrected chi connectivity index (χ2v) is 24.1. The molecule has 0 radical (unpaired) electrons. The number of carbonyl (C=O) groups is 4. The van der Waals surface area contributed by atoms with E-state index in [9.17, 15) is 19.2 Å². The molecule has 0 bridgehead atoms. The summed E-state index contributed by atoms with van der Waals surface area (Å²) in [5, 5.41) is 70.1. The number of halogens is 2. The van der Waals surface area contributed by atoms with Crippen LogP contribution in [0.25, 0.3) is 0 Å². The van der Waals surface area contributed by atoms with Gasteiger partial charge in [0.15, 0.2) is 0 Å². The number of aliphatic carboxylic acids is 2. The summed E-state index contributed by atoms with van der Waals surface area (Å²) < 4.78 is 2.49. The number of hydrogen-bond acceptors (Lipinski definition) is 16. The van der Waals surface area contributed by atoms with Crippen LogP contribution < -0.4 is 53.9 Å². The van der Waals surface area contributed by atoms with E-state index in [1.165, 1.54) is 42.0 Å². The van der Waals surface area contributed by atoms with Crippen molar-refractivity contribution in [1.82, 2.24) is 11.0 Å². The quantitative estimate of drug-likeness (QED) is 0.00523. The number of hydroxylamine groups is 2. The molecule has 0 aliphatic carbocycles.